The highest BCUT2D eigenvalue weighted by molar-refractivity contribution is 6.00. The molecule has 0 spiro atoms. The van der Waals surface area contributed by atoms with Crippen LogP contribution in [0.4, 0.5) is 5.69 Å². The minimum Gasteiger partial charge on any atom is -0.493 e. The number of hydrogen-bond donors (Lipinski definition) is 2. The maximum absolute atomic E-state index is 12.4. The molecule has 2 rings (SSSR count). The molecule has 0 aliphatic carbocycles. The number of ether oxygens (including phenoxy) is 2. The molecule has 0 aliphatic heterocycles. The van der Waals surface area contributed by atoms with Crippen LogP contribution in [-0.4, -0.2) is 37.0 Å². The van der Waals surface area contributed by atoms with E-state index in [4.69, 9.17) is 9.47 Å². The number of rotatable bonds is 9. The van der Waals surface area contributed by atoms with Crippen molar-refractivity contribution in [3.8, 4) is 11.5 Å². The zero-order valence-electron chi connectivity index (χ0n) is 15.6. The van der Waals surface area contributed by atoms with Crippen molar-refractivity contribution in [3.05, 3.63) is 63.7 Å². The normalized spacial score (nSPS) is 10.1. The number of carbonyl (C=O) groups excluding carboxylic acids is 2. The van der Waals surface area contributed by atoms with Crippen LogP contribution in [0.15, 0.2) is 42.5 Å². The van der Waals surface area contributed by atoms with Crippen LogP contribution in [-0.2, 0) is 11.3 Å². The van der Waals surface area contributed by atoms with Gasteiger partial charge in [-0.1, -0.05) is 30.3 Å². The first-order chi connectivity index (χ1) is 13.5. The van der Waals surface area contributed by atoms with Crippen molar-refractivity contribution in [2.45, 2.75) is 13.5 Å². The summed E-state index contributed by atoms with van der Waals surface area (Å²) in [7, 11) is 1.35. The first-order valence-electron chi connectivity index (χ1n) is 8.54. The Morgan fingerprint density at radius 3 is 2.43 bits per heavy atom. The Morgan fingerprint density at radius 2 is 1.82 bits per heavy atom. The topological polar surface area (TPSA) is 120 Å². The summed E-state index contributed by atoms with van der Waals surface area (Å²) in [6.45, 7) is 2.01. The fourth-order valence-corrected chi connectivity index (χ4v) is 2.42. The van der Waals surface area contributed by atoms with Crippen LogP contribution in [0.2, 0.25) is 0 Å². The standard InChI is InChI=1S/C19H21N3O6/c1-3-28-17-9-14(15(22(25)26)10-16(17)27-2)19(24)21-12-18(23)20-11-13-7-5-4-6-8-13/h4-10H,3,11-12H2,1-2H3,(H,20,23)(H,21,24). The van der Waals surface area contributed by atoms with Crippen molar-refractivity contribution in [1.29, 1.82) is 0 Å². The predicted octanol–water partition coefficient (Wildman–Crippen LogP) is 2.05. The molecule has 2 aromatic rings. The van der Waals surface area contributed by atoms with Gasteiger partial charge < -0.3 is 20.1 Å². The number of benzene rings is 2. The van der Waals surface area contributed by atoms with E-state index in [1.54, 1.807) is 6.92 Å². The Balaban J connectivity index is 2.06. The highest BCUT2D eigenvalue weighted by Gasteiger charge is 2.25. The molecule has 0 saturated carbocycles. The van der Waals surface area contributed by atoms with Gasteiger partial charge in [-0.3, -0.25) is 19.7 Å². The molecule has 148 valence electrons. The fraction of sp³-hybridized carbons (Fsp3) is 0.263. The molecular weight excluding hydrogens is 366 g/mol. The zero-order valence-corrected chi connectivity index (χ0v) is 15.6. The van der Waals surface area contributed by atoms with Crippen LogP contribution in [0.3, 0.4) is 0 Å². The lowest BCUT2D eigenvalue weighted by molar-refractivity contribution is -0.385. The quantitative estimate of drug-likeness (QED) is 0.502. The first-order valence-corrected chi connectivity index (χ1v) is 8.54. The van der Waals surface area contributed by atoms with Gasteiger partial charge in [-0.05, 0) is 12.5 Å². The van der Waals surface area contributed by atoms with Gasteiger partial charge in [-0.2, -0.15) is 0 Å². The molecule has 2 N–H and O–H groups in total. The third-order valence-electron chi connectivity index (χ3n) is 3.77. The number of amides is 2. The zero-order chi connectivity index (χ0) is 20.5. The Morgan fingerprint density at radius 1 is 1.11 bits per heavy atom. The molecular formula is C19H21N3O6. The van der Waals surface area contributed by atoms with E-state index in [1.165, 1.54) is 13.2 Å². The molecule has 9 heteroatoms. The van der Waals surface area contributed by atoms with Crippen molar-refractivity contribution in [3.63, 3.8) is 0 Å². The summed E-state index contributed by atoms with van der Waals surface area (Å²) in [6, 6.07) is 11.6. The van der Waals surface area contributed by atoms with E-state index < -0.39 is 22.4 Å². The van der Waals surface area contributed by atoms with E-state index in [-0.39, 0.29) is 30.2 Å². The van der Waals surface area contributed by atoms with E-state index >= 15 is 0 Å². The molecule has 0 aliphatic rings. The number of nitrogens with zero attached hydrogens (tertiary/aromatic N) is 1. The molecule has 0 unspecified atom stereocenters. The van der Waals surface area contributed by atoms with Gasteiger partial charge in [0.25, 0.3) is 11.6 Å². The molecule has 28 heavy (non-hydrogen) atoms. The fourth-order valence-electron chi connectivity index (χ4n) is 2.42. The summed E-state index contributed by atoms with van der Waals surface area (Å²) in [5, 5.41) is 16.4. The van der Waals surface area contributed by atoms with Crippen molar-refractivity contribution < 1.29 is 24.0 Å². The van der Waals surface area contributed by atoms with Crippen molar-refractivity contribution in [1.82, 2.24) is 10.6 Å². The van der Waals surface area contributed by atoms with Gasteiger partial charge in [-0.25, -0.2) is 0 Å². The van der Waals surface area contributed by atoms with Gasteiger partial charge in [0.1, 0.15) is 5.56 Å². The molecule has 2 aromatic carbocycles. The van der Waals surface area contributed by atoms with E-state index in [9.17, 15) is 19.7 Å². The van der Waals surface area contributed by atoms with E-state index in [0.717, 1.165) is 11.6 Å². The van der Waals surface area contributed by atoms with Gasteiger partial charge in [0.15, 0.2) is 11.5 Å². The lowest BCUT2D eigenvalue weighted by atomic mass is 10.1. The second-order valence-electron chi connectivity index (χ2n) is 5.66. The molecule has 0 aromatic heterocycles. The average molecular weight is 387 g/mol. The first kappa shape index (κ1) is 20.7. The Bertz CT molecular complexity index is 854. The molecule has 0 heterocycles. The second-order valence-corrected chi connectivity index (χ2v) is 5.66. The number of hydrogen-bond acceptors (Lipinski definition) is 6. The SMILES string of the molecule is CCOc1cc(C(=O)NCC(=O)NCc2ccccc2)c([N+](=O)[O-])cc1OC. The molecule has 9 nitrogen and oxygen atoms in total. The molecule has 0 fully saturated rings. The highest BCUT2D eigenvalue weighted by Crippen LogP contribution is 2.34. The summed E-state index contributed by atoms with van der Waals surface area (Å²) in [5.74, 6) is -0.830. The summed E-state index contributed by atoms with van der Waals surface area (Å²) in [5.41, 5.74) is 0.252. The van der Waals surface area contributed by atoms with Crippen LogP contribution in [0.1, 0.15) is 22.8 Å². The summed E-state index contributed by atoms with van der Waals surface area (Å²) >= 11 is 0. The van der Waals surface area contributed by atoms with E-state index in [2.05, 4.69) is 10.6 Å². The Labute approximate surface area is 161 Å². The highest BCUT2D eigenvalue weighted by atomic mass is 16.6. The molecule has 0 bridgehead atoms. The van der Waals surface area contributed by atoms with Crippen molar-refractivity contribution >= 4 is 17.5 Å². The molecule has 0 radical (unpaired) electrons. The number of methoxy groups -OCH3 is 1. The van der Waals surface area contributed by atoms with E-state index in [1.807, 2.05) is 30.3 Å². The number of nitro groups is 1. The maximum Gasteiger partial charge on any atom is 0.286 e. The average Bonchev–Trinajstić information content (AvgIpc) is 2.71. The minimum absolute atomic E-state index is 0.144. The third-order valence-corrected chi connectivity index (χ3v) is 3.77. The Kier molecular flexibility index (Phi) is 7.32. The number of carbonyl (C=O) groups is 2. The lowest BCUT2D eigenvalue weighted by Gasteiger charge is -2.12. The molecule has 0 atom stereocenters. The van der Waals surface area contributed by atoms with Crippen molar-refractivity contribution in [2.24, 2.45) is 0 Å². The Hall–Kier alpha value is -3.62. The molecule has 2 amide bonds. The summed E-state index contributed by atoms with van der Waals surface area (Å²) < 4.78 is 10.4. The second kappa shape index (κ2) is 9.91. The maximum atomic E-state index is 12.4. The van der Waals surface area contributed by atoms with Gasteiger partial charge in [0, 0.05) is 12.6 Å². The largest absolute Gasteiger partial charge is 0.493 e. The minimum atomic E-state index is -0.759. The van der Waals surface area contributed by atoms with Crippen LogP contribution < -0.4 is 20.1 Å². The van der Waals surface area contributed by atoms with Crippen LogP contribution in [0.5, 0.6) is 11.5 Å². The van der Waals surface area contributed by atoms with Gasteiger partial charge in [0.05, 0.1) is 31.3 Å². The lowest BCUT2D eigenvalue weighted by Crippen LogP contribution is -2.36. The molecule has 0 saturated heterocycles. The monoisotopic (exact) mass is 387 g/mol. The number of nitrogens with one attached hydrogen (secondary N) is 2. The smallest absolute Gasteiger partial charge is 0.286 e. The summed E-state index contributed by atoms with van der Waals surface area (Å²) in [4.78, 5) is 35.0. The predicted molar refractivity (Wildman–Crippen MR) is 101 cm³/mol. The van der Waals surface area contributed by atoms with Crippen molar-refractivity contribution in [2.75, 3.05) is 20.3 Å². The number of nitro benzene ring substituents is 1. The van der Waals surface area contributed by atoms with Crippen LogP contribution >= 0.6 is 0 Å². The third kappa shape index (κ3) is 5.44. The van der Waals surface area contributed by atoms with E-state index in [0.29, 0.717) is 6.54 Å². The van der Waals surface area contributed by atoms with Crippen LogP contribution in [0.25, 0.3) is 0 Å². The van der Waals surface area contributed by atoms with Gasteiger partial charge in [0.2, 0.25) is 5.91 Å². The van der Waals surface area contributed by atoms with Crippen LogP contribution in [0, 0.1) is 10.1 Å². The summed E-state index contributed by atoms with van der Waals surface area (Å²) in [6.07, 6.45) is 0. The van der Waals surface area contributed by atoms with Gasteiger partial charge >= 0.3 is 0 Å². The van der Waals surface area contributed by atoms with Gasteiger partial charge in [-0.15, -0.1) is 0 Å².